The Morgan fingerprint density at radius 3 is 2.46 bits per heavy atom. The fourth-order valence-corrected chi connectivity index (χ4v) is 4.69. The second kappa shape index (κ2) is 6.08. The maximum absolute atomic E-state index is 11.0. The van der Waals surface area contributed by atoms with Crippen LogP contribution in [0.25, 0.3) is 0 Å². The summed E-state index contributed by atoms with van der Waals surface area (Å²) in [5, 5.41) is 21.8. The van der Waals surface area contributed by atoms with Crippen LogP contribution in [0.3, 0.4) is 0 Å². The molecule has 0 spiro atoms. The summed E-state index contributed by atoms with van der Waals surface area (Å²) >= 11 is 0. The van der Waals surface area contributed by atoms with E-state index in [4.69, 9.17) is 9.47 Å². The molecule has 3 aliphatic rings. The summed E-state index contributed by atoms with van der Waals surface area (Å²) < 4.78 is 12.8. The van der Waals surface area contributed by atoms with Gasteiger partial charge in [0.15, 0.2) is 0 Å². The molecule has 2 saturated heterocycles. The molecule has 0 radical (unpaired) electrons. The lowest BCUT2D eigenvalue weighted by Gasteiger charge is -2.42. The summed E-state index contributed by atoms with van der Waals surface area (Å²) in [4.78, 5) is 0. The smallest absolute Gasteiger partial charge is 0.0924 e. The summed E-state index contributed by atoms with van der Waals surface area (Å²) in [5.41, 5.74) is -0.289. The van der Waals surface area contributed by atoms with E-state index in [1.807, 2.05) is 13.8 Å². The molecule has 4 bridgehead atoms. The van der Waals surface area contributed by atoms with Crippen LogP contribution in [0.2, 0.25) is 0 Å². The predicted octanol–water partition coefficient (Wildman–Crippen LogP) is 3.35. The van der Waals surface area contributed by atoms with E-state index in [0.29, 0.717) is 12.8 Å². The van der Waals surface area contributed by atoms with Crippen LogP contribution in [0.1, 0.15) is 73.1 Å². The Hall–Kier alpha value is -0.420. The molecule has 4 heteroatoms. The van der Waals surface area contributed by atoms with Gasteiger partial charge in [0, 0.05) is 6.42 Å². The Morgan fingerprint density at radius 1 is 1.08 bits per heavy atom. The van der Waals surface area contributed by atoms with Crippen molar-refractivity contribution in [3.63, 3.8) is 0 Å². The number of aliphatic hydroxyl groups excluding tert-OH is 2. The Bertz CT molecular complexity index is 516. The number of ether oxygens (including phenoxy) is 2. The van der Waals surface area contributed by atoms with E-state index < -0.39 is 29.0 Å². The highest BCUT2D eigenvalue weighted by Crippen LogP contribution is 2.49. The maximum atomic E-state index is 11.0. The van der Waals surface area contributed by atoms with Crippen LogP contribution in [-0.4, -0.2) is 45.3 Å². The van der Waals surface area contributed by atoms with Gasteiger partial charge in [-0.15, -0.1) is 0 Å². The third kappa shape index (κ3) is 2.96. The van der Waals surface area contributed by atoms with Crippen LogP contribution in [-0.2, 0) is 9.47 Å². The van der Waals surface area contributed by atoms with E-state index in [1.54, 1.807) is 0 Å². The van der Waals surface area contributed by atoms with Gasteiger partial charge in [-0.05, 0) is 64.4 Å². The predicted molar refractivity (Wildman–Crippen MR) is 93.8 cm³/mol. The van der Waals surface area contributed by atoms with Crippen molar-refractivity contribution in [1.82, 2.24) is 0 Å². The second-order valence-electron chi connectivity index (χ2n) is 9.01. The molecule has 3 heterocycles. The first kappa shape index (κ1) is 18.4. The monoisotopic (exact) mass is 338 g/mol. The minimum absolute atomic E-state index is 0.0534. The van der Waals surface area contributed by atoms with Crippen molar-refractivity contribution in [2.24, 2.45) is 5.92 Å². The van der Waals surface area contributed by atoms with Crippen molar-refractivity contribution >= 4 is 0 Å². The molecule has 0 aliphatic carbocycles. The first-order valence-corrected chi connectivity index (χ1v) is 9.51. The van der Waals surface area contributed by atoms with Gasteiger partial charge in [-0.25, -0.2) is 0 Å². The van der Waals surface area contributed by atoms with Gasteiger partial charge in [-0.1, -0.05) is 19.9 Å². The van der Waals surface area contributed by atoms with E-state index >= 15 is 0 Å². The van der Waals surface area contributed by atoms with Crippen LogP contribution < -0.4 is 0 Å². The molecule has 3 rings (SSSR count). The second-order valence-corrected chi connectivity index (χ2v) is 9.01. The lowest BCUT2D eigenvalue weighted by molar-refractivity contribution is -0.190. The number of rotatable bonds is 1. The van der Waals surface area contributed by atoms with Crippen LogP contribution in [0, 0.1) is 5.92 Å². The maximum Gasteiger partial charge on any atom is 0.0924 e. The Morgan fingerprint density at radius 2 is 1.79 bits per heavy atom. The van der Waals surface area contributed by atoms with E-state index in [9.17, 15) is 10.2 Å². The molecular weight excluding hydrogens is 304 g/mol. The van der Waals surface area contributed by atoms with Crippen LogP contribution in [0.4, 0.5) is 0 Å². The van der Waals surface area contributed by atoms with Crippen molar-refractivity contribution in [3.05, 3.63) is 11.6 Å². The van der Waals surface area contributed by atoms with Gasteiger partial charge in [0.1, 0.15) is 0 Å². The number of hydrogen-bond acceptors (Lipinski definition) is 4. The normalized spacial score (nSPS) is 51.8. The fraction of sp³-hybridized carbons (Fsp3) is 0.900. The fourth-order valence-electron chi connectivity index (χ4n) is 4.69. The molecule has 2 fully saturated rings. The zero-order valence-corrected chi connectivity index (χ0v) is 15.8. The zero-order valence-electron chi connectivity index (χ0n) is 15.8. The van der Waals surface area contributed by atoms with Crippen molar-refractivity contribution in [2.45, 2.75) is 108 Å². The van der Waals surface area contributed by atoms with Crippen molar-refractivity contribution < 1.29 is 19.7 Å². The summed E-state index contributed by atoms with van der Waals surface area (Å²) in [5.74, 6) is 0.280. The largest absolute Gasteiger partial charge is 0.390 e. The summed E-state index contributed by atoms with van der Waals surface area (Å²) in [7, 11) is 0. The van der Waals surface area contributed by atoms with Crippen molar-refractivity contribution in [1.29, 1.82) is 0 Å². The quantitative estimate of drug-likeness (QED) is 0.720. The molecule has 4 nitrogen and oxygen atoms in total. The first-order chi connectivity index (χ1) is 11.1. The molecule has 24 heavy (non-hydrogen) atoms. The minimum Gasteiger partial charge on any atom is -0.390 e. The van der Waals surface area contributed by atoms with Crippen LogP contribution in [0.15, 0.2) is 11.6 Å². The van der Waals surface area contributed by atoms with Gasteiger partial charge in [0.25, 0.3) is 0 Å². The molecule has 0 amide bonds. The average Bonchev–Trinajstić information content (AvgIpc) is 3.08. The van der Waals surface area contributed by atoms with E-state index in [1.165, 1.54) is 0 Å². The van der Waals surface area contributed by atoms with Gasteiger partial charge in [0.05, 0.1) is 35.1 Å². The molecule has 6 atom stereocenters. The topological polar surface area (TPSA) is 58.9 Å². The standard InChI is InChI=1S/C20H34O4/c1-13(2)20-11-10-19(5,24-20)16(21)7-6-14(3)15-8-9-18(4,23-15)17(22)12-20/h6,13,15-17,21-22H,7-12H2,1-5H3/b14-6-/t15-,16-,17-,18+,19+,20-/m1/s1. The third-order valence-corrected chi connectivity index (χ3v) is 6.97. The van der Waals surface area contributed by atoms with E-state index in [2.05, 4.69) is 26.8 Å². The van der Waals surface area contributed by atoms with E-state index in [-0.39, 0.29) is 12.0 Å². The molecule has 138 valence electrons. The van der Waals surface area contributed by atoms with Gasteiger partial charge >= 0.3 is 0 Å². The minimum atomic E-state index is -0.559. The van der Waals surface area contributed by atoms with Gasteiger partial charge in [-0.3, -0.25) is 0 Å². The van der Waals surface area contributed by atoms with Gasteiger partial charge < -0.3 is 19.7 Å². The summed E-state index contributed by atoms with van der Waals surface area (Å²) in [6.45, 7) is 10.4. The summed E-state index contributed by atoms with van der Waals surface area (Å²) in [6, 6.07) is 0. The average molecular weight is 338 g/mol. The lowest BCUT2D eigenvalue weighted by atomic mass is 9.78. The molecule has 0 aromatic rings. The highest BCUT2D eigenvalue weighted by atomic mass is 16.5. The SMILES string of the molecule is C/C1=C/C[C@@H](O)[C@]2(C)CC[C@](C(C)C)(C[C@@H](O)[C@]3(C)CC[C@H]1O3)O2. The molecule has 0 aromatic carbocycles. The Balaban J connectivity index is 1.98. The highest BCUT2D eigenvalue weighted by molar-refractivity contribution is 5.13. The number of aliphatic hydroxyl groups is 2. The van der Waals surface area contributed by atoms with Crippen LogP contribution >= 0.6 is 0 Å². The number of hydrogen-bond donors (Lipinski definition) is 2. The van der Waals surface area contributed by atoms with Crippen molar-refractivity contribution in [2.75, 3.05) is 0 Å². The summed E-state index contributed by atoms with van der Waals surface area (Å²) in [6.07, 6.45) is 5.71. The molecule has 0 saturated carbocycles. The molecule has 2 N–H and O–H groups in total. The third-order valence-electron chi connectivity index (χ3n) is 6.97. The Kier molecular flexibility index (Phi) is 4.66. The van der Waals surface area contributed by atoms with Crippen LogP contribution in [0.5, 0.6) is 0 Å². The van der Waals surface area contributed by atoms with E-state index in [0.717, 1.165) is 31.3 Å². The highest BCUT2D eigenvalue weighted by Gasteiger charge is 2.54. The zero-order chi connectivity index (χ0) is 17.8. The molecule has 0 unspecified atom stereocenters. The Labute approximate surface area is 146 Å². The first-order valence-electron chi connectivity index (χ1n) is 9.51. The number of fused-ring (bicyclic) bond motifs is 4. The van der Waals surface area contributed by atoms with Gasteiger partial charge in [0.2, 0.25) is 0 Å². The molecular formula is C20H34O4. The lowest BCUT2D eigenvalue weighted by Crippen LogP contribution is -2.50. The van der Waals surface area contributed by atoms with Crippen molar-refractivity contribution in [3.8, 4) is 0 Å². The van der Waals surface area contributed by atoms with Gasteiger partial charge in [-0.2, -0.15) is 0 Å². The molecule has 3 aliphatic heterocycles. The molecule has 0 aromatic heterocycles.